The van der Waals surface area contributed by atoms with Crippen LogP contribution in [-0.2, 0) is 0 Å². The molecule has 1 heterocycles. The smallest absolute Gasteiger partial charge is 0.228 e. The van der Waals surface area contributed by atoms with Crippen LogP contribution in [-0.4, -0.2) is 24.9 Å². The van der Waals surface area contributed by atoms with Crippen LogP contribution in [0.2, 0.25) is 5.15 Å². The van der Waals surface area contributed by atoms with E-state index in [2.05, 4.69) is 15.3 Å². The minimum Gasteiger partial charge on any atom is -0.497 e. The van der Waals surface area contributed by atoms with Crippen LogP contribution < -0.4 is 15.5 Å². The highest BCUT2D eigenvalue weighted by molar-refractivity contribution is 6.44. The molecule has 0 aliphatic carbocycles. The molecule has 2 rings (SSSR count). The van der Waals surface area contributed by atoms with E-state index in [1.54, 1.807) is 13.3 Å². The number of aryl methyl sites for hydroxylation is 1. The second-order valence-electron chi connectivity index (χ2n) is 4.03. The van der Waals surface area contributed by atoms with Gasteiger partial charge in [-0.3, -0.25) is 0 Å². The first-order chi connectivity index (χ1) is 8.58. The van der Waals surface area contributed by atoms with Gasteiger partial charge in [0.15, 0.2) is 0 Å². The largest absolute Gasteiger partial charge is 0.497 e. The third kappa shape index (κ3) is 2.93. The van der Waals surface area contributed by atoms with Crippen LogP contribution in [0.3, 0.4) is 0 Å². The molecule has 0 amide bonds. The maximum absolute atomic E-state index is 5.95. The third-order valence-corrected chi connectivity index (χ3v) is 2.84. The van der Waals surface area contributed by atoms with Crippen LogP contribution in [0.5, 0.6) is 5.75 Å². The first kappa shape index (κ1) is 12.7. The van der Waals surface area contributed by atoms with Crippen LogP contribution in [0.15, 0.2) is 24.4 Å². The number of ether oxygens (including phenoxy) is 1. The van der Waals surface area contributed by atoms with E-state index >= 15 is 0 Å². The molecule has 0 saturated carbocycles. The summed E-state index contributed by atoms with van der Waals surface area (Å²) in [7, 11) is 3.50. The molecule has 0 aliphatic rings. The Morgan fingerprint density at radius 3 is 2.78 bits per heavy atom. The molecule has 92 valence electrons. The van der Waals surface area contributed by atoms with Crippen molar-refractivity contribution in [2.75, 3.05) is 12.4 Å². The number of hydrogen-bond donors (Lipinski definition) is 1. The number of anilines is 2. The molecule has 4 nitrogen and oxygen atoms in total. The van der Waals surface area contributed by atoms with Gasteiger partial charge in [0.1, 0.15) is 18.7 Å². The molecule has 0 fully saturated rings. The molecule has 1 N–H and O–H groups in total. The molecule has 1 aromatic carbocycles. The van der Waals surface area contributed by atoms with E-state index in [4.69, 9.17) is 16.3 Å². The Morgan fingerprint density at radius 1 is 1.33 bits per heavy atom. The summed E-state index contributed by atoms with van der Waals surface area (Å²) in [5, 5.41) is 3.55. The lowest BCUT2D eigenvalue weighted by molar-refractivity contribution is 0.414. The first-order valence-electron chi connectivity index (χ1n) is 5.50. The van der Waals surface area contributed by atoms with Gasteiger partial charge in [-0.25, -0.2) is 9.97 Å². The summed E-state index contributed by atoms with van der Waals surface area (Å²) >= 11 is 5.95. The zero-order valence-corrected chi connectivity index (χ0v) is 11.2. The lowest BCUT2D eigenvalue weighted by Gasteiger charge is -2.09. The molecular formula is C12H13BClN3O. The summed E-state index contributed by atoms with van der Waals surface area (Å²) in [6.07, 6.45) is 1.69. The fourth-order valence-corrected chi connectivity index (χ4v) is 1.68. The minimum absolute atomic E-state index is 0.451. The van der Waals surface area contributed by atoms with Crippen molar-refractivity contribution in [2.24, 2.45) is 0 Å². The highest BCUT2D eigenvalue weighted by Gasteiger charge is 2.03. The normalized spacial score (nSPS) is 10.2. The molecule has 0 bridgehead atoms. The van der Waals surface area contributed by atoms with Crippen molar-refractivity contribution in [1.82, 2.24) is 9.97 Å². The second-order valence-corrected chi connectivity index (χ2v) is 4.39. The molecule has 0 atom stereocenters. The Labute approximate surface area is 112 Å². The van der Waals surface area contributed by atoms with E-state index in [1.165, 1.54) is 0 Å². The summed E-state index contributed by atoms with van der Waals surface area (Å²) in [4.78, 5) is 8.33. The summed E-state index contributed by atoms with van der Waals surface area (Å²) in [5.74, 6) is 1.26. The lowest BCUT2D eigenvalue weighted by Crippen LogP contribution is -2.09. The van der Waals surface area contributed by atoms with Crippen LogP contribution >= 0.6 is 11.6 Å². The molecular weight excluding hydrogens is 248 g/mol. The zero-order valence-electron chi connectivity index (χ0n) is 10.5. The van der Waals surface area contributed by atoms with Gasteiger partial charge in [0.25, 0.3) is 0 Å². The average molecular weight is 262 g/mol. The number of hydrogen-bond acceptors (Lipinski definition) is 4. The van der Waals surface area contributed by atoms with Crippen molar-refractivity contribution in [1.29, 1.82) is 0 Å². The number of aromatic nitrogens is 2. The molecule has 6 heteroatoms. The topological polar surface area (TPSA) is 47.0 Å². The standard InChI is InChI=1S/C12H13BClN3O/c1-7-3-8(5-9(4-7)18-2)16-12-15-6-10(13)11(14)17-12/h3-6H,13H2,1-2H3,(H,15,16,17). The van der Waals surface area contributed by atoms with Crippen molar-refractivity contribution in [3.8, 4) is 5.75 Å². The van der Waals surface area contributed by atoms with Crippen LogP contribution in [0.25, 0.3) is 0 Å². The van der Waals surface area contributed by atoms with Gasteiger partial charge in [-0.15, -0.1) is 0 Å². The fourth-order valence-electron chi connectivity index (χ4n) is 1.55. The zero-order chi connectivity index (χ0) is 13.1. The van der Waals surface area contributed by atoms with E-state index in [-0.39, 0.29) is 0 Å². The molecule has 2 aromatic rings. The number of nitrogens with zero attached hydrogens (tertiary/aromatic N) is 2. The summed E-state index contributed by atoms with van der Waals surface area (Å²) in [6.45, 7) is 2.00. The quantitative estimate of drug-likeness (QED) is 0.671. The molecule has 18 heavy (non-hydrogen) atoms. The maximum atomic E-state index is 5.95. The highest BCUT2D eigenvalue weighted by Crippen LogP contribution is 2.22. The van der Waals surface area contributed by atoms with Crippen LogP contribution in [0, 0.1) is 6.92 Å². The monoisotopic (exact) mass is 261 g/mol. The van der Waals surface area contributed by atoms with Crippen molar-refractivity contribution >= 4 is 36.5 Å². The molecule has 0 unspecified atom stereocenters. The van der Waals surface area contributed by atoms with E-state index in [0.29, 0.717) is 11.1 Å². The maximum Gasteiger partial charge on any atom is 0.228 e. The summed E-state index contributed by atoms with van der Waals surface area (Å²) in [6, 6.07) is 5.82. The molecule has 1 aromatic heterocycles. The van der Waals surface area contributed by atoms with Gasteiger partial charge < -0.3 is 10.1 Å². The van der Waals surface area contributed by atoms with E-state index in [1.807, 2.05) is 33.0 Å². The average Bonchev–Trinajstić information content (AvgIpc) is 2.33. The highest BCUT2D eigenvalue weighted by atomic mass is 35.5. The van der Waals surface area contributed by atoms with Gasteiger partial charge >= 0.3 is 0 Å². The number of rotatable bonds is 3. The van der Waals surface area contributed by atoms with Gasteiger partial charge in [-0.2, -0.15) is 0 Å². The Kier molecular flexibility index (Phi) is 3.72. The molecule has 0 radical (unpaired) electrons. The second kappa shape index (κ2) is 5.27. The number of halogens is 1. The van der Waals surface area contributed by atoms with Crippen molar-refractivity contribution in [3.05, 3.63) is 35.1 Å². The summed E-state index contributed by atoms with van der Waals surface area (Å²) in [5.41, 5.74) is 2.81. The van der Waals surface area contributed by atoms with Gasteiger partial charge in [-0.05, 0) is 30.1 Å². The van der Waals surface area contributed by atoms with Crippen molar-refractivity contribution in [3.63, 3.8) is 0 Å². The molecule has 0 saturated heterocycles. The van der Waals surface area contributed by atoms with E-state index in [9.17, 15) is 0 Å². The Bertz CT molecular complexity index is 577. The van der Waals surface area contributed by atoms with Crippen LogP contribution in [0.4, 0.5) is 11.6 Å². The Balaban J connectivity index is 2.27. The first-order valence-corrected chi connectivity index (χ1v) is 5.88. The number of nitrogens with one attached hydrogen (secondary N) is 1. The van der Waals surface area contributed by atoms with Crippen LogP contribution in [0.1, 0.15) is 5.56 Å². The fraction of sp³-hybridized carbons (Fsp3) is 0.167. The minimum atomic E-state index is 0.451. The van der Waals surface area contributed by atoms with Crippen molar-refractivity contribution < 1.29 is 4.74 Å². The summed E-state index contributed by atoms with van der Waals surface area (Å²) < 4.78 is 5.21. The predicted molar refractivity (Wildman–Crippen MR) is 76.2 cm³/mol. The van der Waals surface area contributed by atoms with Crippen molar-refractivity contribution in [2.45, 2.75) is 6.92 Å². The Hall–Kier alpha value is -1.75. The lowest BCUT2D eigenvalue weighted by atomic mass is 10.0. The third-order valence-electron chi connectivity index (χ3n) is 2.45. The predicted octanol–water partition coefficient (Wildman–Crippen LogP) is 1.45. The van der Waals surface area contributed by atoms with Gasteiger partial charge in [0.2, 0.25) is 5.95 Å². The molecule has 0 spiro atoms. The SMILES string of the molecule is Bc1cnc(Nc2cc(C)cc(OC)c2)nc1Cl. The number of methoxy groups -OCH3 is 1. The molecule has 0 aliphatic heterocycles. The van der Waals surface area contributed by atoms with E-state index in [0.717, 1.165) is 22.5 Å². The van der Waals surface area contributed by atoms with Gasteiger partial charge in [0, 0.05) is 18.0 Å². The van der Waals surface area contributed by atoms with E-state index < -0.39 is 0 Å². The van der Waals surface area contributed by atoms with Gasteiger partial charge in [-0.1, -0.05) is 11.6 Å². The number of benzene rings is 1. The van der Waals surface area contributed by atoms with Gasteiger partial charge in [0.05, 0.1) is 7.11 Å². The Morgan fingerprint density at radius 2 is 2.11 bits per heavy atom.